The third kappa shape index (κ3) is 3.02. The van der Waals surface area contributed by atoms with Gasteiger partial charge in [0.15, 0.2) is 0 Å². The highest BCUT2D eigenvalue weighted by atomic mass is 28.4. The number of aliphatic hydroxyl groups excluding tert-OH is 1. The van der Waals surface area contributed by atoms with Crippen LogP contribution in [0.2, 0.25) is 18.1 Å². The van der Waals surface area contributed by atoms with Crippen molar-refractivity contribution in [1.82, 2.24) is 4.98 Å². The van der Waals surface area contributed by atoms with E-state index in [0.717, 1.165) is 16.7 Å². The number of rotatable bonds is 3. The Morgan fingerprint density at radius 2 is 1.80 bits per heavy atom. The highest BCUT2D eigenvalue weighted by Gasteiger charge is 2.38. The first-order valence-electron chi connectivity index (χ1n) is 6.92. The lowest BCUT2D eigenvalue weighted by molar-refractivity contribution is 0.277. The van der Waals surface area contributed by atoms with E-state index in [4.69, 9.17) is 4.43 Å². The summed E-state index contributed by atoms with van der Waals surface area (Å²) in [4.78, 5) is 4.43. The number of fused-ring (bicyclic) bond motifs is 1. The molecule has 4 heteroatoms. The maximum absolute atomic E-state index is 9.17. The zero-order valence-corrected chi connectivity index (χ0v) is 13.9. The van der Waals surface area contributed by atoms with Crippen LogP contribution < -0.4 is 4.43 Å². The first-order chi connectivity index (χ1) is 9.23. The molecule has 0 spiro atoms. The summed E-state index contributed by atoms with van der Waals surface area (Å²) < 4.78 is 6.28. The Morgan fingerprint density at radius 1 is 1.15 bits per heavy atom. The van der Waals surface area contributed by atoms with Crippen LogP contribution in [0.3, 0.4) is 0 Å². The van der Waals surface area contributed by atoms with Crippen LogP contribution in [-0.4, -0.2) is 18.4 Å². The van der Waals surface area contributed by atoms with Crippen molar-refractivity contribution in [3.63, 3.8) is 0 Å². The lowest BCUT2D eigenvalue weighted by atomic mass is 10.2. The van der Waals surface area contributed by atoms with Crippen molar-refractivity contribution in [3.8, 4) is 5.75 Å². The molecule has 0 saturated carbocycles. The summed E-state index contributed by atoms with van der Waals surface area (Å²) in [6, 6.07) is 9.81. The second-order valence-electron chi connectivity index (χ2n) is 6.68. The van der Waals surface area contributed by atoms with Crippen LogP contribution in [-0.2, 0) is 6.61 Å². The van der Waals surface area contributed by atoms with Gasteiger partial charge in [-0.05, 0) is 36.3 Å². The molecule has 0 saturated heterocycles. The molecule has 0 unspecified atom stereocenters. The predicted octanol–water partition coefficient (Wildman–Crippen LogP) is 4.11. The van der Waals surface area contributed by atoms with Gasteiger partial charge in [-0.15, -0.1) is 0 Å². The first-order valence-corrected chi connectivity index (χ1v) is 9.83. The standard InChI is InChI=1S/C16H23NO2Si/c1-16(2,3)20(4,5)19-14-9-7-12-6-8-13(11-18)17-15(12)10-14/h6-10,18H,11H2,1-5H3. The maximum atomic E-state index is 9.17. The van der Waals surface area contributed by atoms with E-state index in [1.807, 2.05) is 30.3 Å². The van der Waals surface area contributed by atoms with E-state index in [2.05, 4.69) is 38.8 Å². The van der Waals surface area contributed by atoms with Gasteiger partial charge in [0.05, 0.1) is 17.8 Å². The van der Waals surface area contributed by atoms with Gasteiger partial charge >= 0.3 is 0 Å². The molecule has 1 aromatic heterocycles. The van der Waals surface area contributed by atoms with Crippen molar-refractivity contribution in [2.45, 2.75) is 45.5 Å². The minimum Gasteiger partial charge on any atom is -0.543 e. The average Bonchev–Trinajstić information content (AvgIpc) is 2.36. The third-order valence-corrected chi connectivity index (χ3v) is 8.42. The Morgan fingerprint density at radius 3 is 2.40 bits per heavy atom. The number of aromatic nitrogens is 1. The van der Waals surface area contributed by atoms with E-state index in [-0.39, 0.29) is 11.6 Å². The normalized spacial score (nSPS) is 12.7. The molecule has 0 aliphatic carbocycles. The summed E-state index contributed by atoms with van der Waals surface area (Å²) in [5.41, 5.74) is 1.55. The molecule has 1 heterocycles. The van der Waals surface area contributed by atoms with Crippen molar-refractivity contribution in [1.29, 1.82) is 0 Å². The summed E-state index contributed by atoms with van der Waals surface area (Å²) in [6.45, 7) is 11.1. The molecule has 108 valence electrons. The molecule has 0 aliphatic rings. The minimum atomic E-state index is -1.83. The fraction of sp³-hybridized carbons (Fsp3) is 0.438. The lowest BCUT2D eigenvalue weighted by Crippen LogP contribution is -2.43. The van der Waals surface area contributed by atoms with Crippen molar-refractivity contribution in [2.75, 3.05) is 0 Å². The summed E-state index contributed by atoms with van der Waals surface area (Å²) in [6.07, 6.45) is 0. The molecule has 1 aromatic carbocycles. The monoisotopic (exact) mass is 289 g/mol. The van der Waals surface area contributed by atoms with Crippen LogP contribution >= 0.6 is 0 Å². The second-order valence-corrected chi connectivity index (χ2v) is 11.4. The lowest BCUT2D eigenvalue weighted by Gasteiger charge is -2.36. The van der Waals surface area contributed by atoms with Crippen LogP contribution in [0.1, 0.15) is 26.5 Å². The van der Waals surface area contributed by atoms with E-state index in [9.17, 15) is 5.11 Å². The van der Waals surface area contributed by atoms with Gasteiger partial charge in [0.2, 0.25) is 8.32 Å². The molecule has 2 rings (SSSR count). The highest BCUT2D eigenvalue weighted by Crippen LogP contribution is 2.37. The topological polar surface area (TPSA) is 42.4 Å². The highest BCUT2D eigenvalue weighted by molar-refractivity contribution is 6.74. The average molecular weight is 289 g/mol. The van der Waals surface area contributed by atoms with Crippen LogP contribution in [0.4, 0.5) is 0 Å². The largest absolute Gasteiger partial charge is 0.543 e. The summed E-state index contributed by atoms with van der Waals surface area (Å²) in [5, 5.41) is 10.4. The summed E-state index contributed by atoms with van der Waals surface area (Å²) in [5.74, 6) is 0.867. The van der Waals surface area contributed by atoms with Crippen LogP contribution in [0.25, 0.3) is 10.9 Å². The molecule has 1 N–H and O–H groups in total. The van der Waals surface area contributed by atoms with Crippen LogP contribution in [0.5, 0.6) is 5.75 Å². The van der Waals surface area contributed by atoms with Crippen molar-refractivity contribution in [2.24, 2.45) is 0 Å². The molecule has 0 aliphatic heterocycles. The summed E-state index contributed by atoms with van der Waals surface area (Å²) >= 11 is 0. The van der Waals surface area contributed by atoms with Crippen LogP contribution in [0.15, 0.2) is 30.3 Å². The number of benzene rings is 1. The van der Waals surface area contributed by atoms with Gasteiger partial charge in [-0.1, -0.05) is 26.8 Å². The number of nitrogens with zero attached hydrogens (tertiary/aromatic N) is 1. The van der Waals surface area contributed by atoms with E-state index in [0.29, 0.717) is 5.69 Å². The van der Waals surface area contributed by atoms with Gasteiger partial charge in [0.25, 0.3) is 0 Å². The first kappa shape index (κ1) is 15.0. The van der Waals surface area contributed by atoms with E-state index in [1.54, 1.807) is 0 Å². The van der Waals surface area contributed by atoms with Crippen molar-refractivity contribution < 1.29 is 9.53 Å². The Hall–Kier alpha value is -1.39. The maximum Gasteiger partial charge on any atom is 0.250 e. The molecule has 2 aromatic rings. The number of pyridine rings is 1. The minimum absolute atomic E-state index is 0.0384. The molecule has 0 atom stereocenters. The molecule has 20 heavy (non-hydrogen) atoms. The quantitative estimate of drug-likeness (QED) is 0.865. The number of hydrogen-bond acceptors (Lipinski definition) is 3. The number of hydrogen-bond donors (Lipinski definition) is 1. The Labute approximate surface area is 121 Å². The fourth-order valence-electron chi connectivity index (χ4n) is 1.74. The Balaban J connectivity index is 2.36. The SMILES string of the molecule is CC(C)(C)[Si](C)(C)Oc1ccc2ccc(CO)nc2c1. The molecule has 0 fully saturated rings. The third-order valence-electron chi connectivity index (χ3n) is 4.06. The Kier molecular flexibility index (Phi) is 3.89. The van der Waals surface area contributed by atoms with Crippen molar-refractivity contribution in [3.05, 3.63) is 36.0 Å². The predicted molar refractivity (Wildman–Crippen MR) is 85.5 cm³/mol. The van der Waals surface area contributed by atoms with Gasteiger partial charge in [-0.3, -0.25) is 4.98 Å². The molecule has 3 nitrogen and oxygen atoms in total. The van der Waals surface area contributed by atoms with E-state index < -0.39 is 8.32 Å². The fourth-order valence-corrected chi connectivity index (χ4v) is 2.76. The van der Waals surface area contributed by atoms with Crippen molar-refractivity contribution >= 4 is 19.2 Å². The zero-order chi connectivity index (χ0) is 15.0. The van der Waals surface area contributed by atoms with E-state index >= 15 is 0 Å². The second kappa shape index (κ2) is 5.18. The van der Waals surface area contributed by atoms with Gasteiger partial charge in [0.1, 0.15) is 5.75 Å². The molecular formula is C16H23NO2Si. The number of aliphatic hydroxyl groups is 1. The molecule has 0 amide bonds. The summed E-state index contributed by atoms with van der Waals surface area (Å²) in [7, 11) is -1.83. The van der Waals surface area contributed by atoms with Gasteiger partial charge in [-0.2, -0.15) is 0 Å². The van der Waals surface area contributed by atoms with Gasteiger partial charge in [-0.25, -0.2) is 0 Å². The van der Waals surface area contributed by atoms with E-state index in [1.165, 1.54) is 0 Å². The van der Waals surface area contributed by atoms with Gasteiger partial charge in [0, 0.05) is 11.5 Å². The zero-order valence-electron chi connectivity index (χ0n) is 12.9. The van der Waals surface area contributed by atoms with Gasteiger partial charge < -0.3 is 9.53 Å². The molecular weight excluding hydrogens is 266 g/mol. The smallest absolute Gasteiger partial charge is 0.250 e. The molecule has 0 radical (unpaired) electrons. The Bertz CT molecular complexity index is 617. The van der Waals surface area contributed by atoms with Crippen LogP contribution in [0, 0.1) is 0 Å². The molecule has 0 bridgehead atoms.